The topological polar surface area (TPSA) is 42.1 Å². The lowest BCUT2D eigenvalue weighted by atomic mass is 10.0. The molecule has 0 amide bonds. The van der Waals surface area contributed by atoms with Crippen molar-refractivity contribution in [1.29, 1.82) is 0 Å². The number of pyridine rings is 1. The summed E-state index contributed by atoms with van der Waals surface area (Å²) < 4.78 is 0. The number of anilines is 1. The van der Waals surface area contributed by atoms with Gasteiger partial charge in [0.05, 0.1) is 0 Å². The molecule has 0 aliphatic carbocycles. The summed E-state index contributed by atoms with van der Waals surface area (Å²) in [6, 6.07) is 2.45. The molecule has 2 atom stereocenters. The van der Waals surface area contributed by atoms with Gasteiger partial charge in [0.25, 0.3) is 0 Å². The van der Waals surface area contributed by atoms with Crippen LogP contribution in [0, 0.1) is 12.8 Å². The number of aryl methyl sites for hydroxylation is 1. The van der Waals surface area contributed by atoms with Crippen LogP contribution in [-0.4, -0.2) is 24.1 Å². The van der Waals surface area contributed by atoms with Crippen LogP contribution >= 0.6 is 0 Å². The molecule has 1 aliphatic heterocycles. The van der Waals surface area contributed by atoms with Gasteiger partial charge in [0.1, 0.15) is 5.82 Å². The highest BCUT2D eigenvalue weighted by Gasteiger charge is 2.16. The highest BCUT2D eigenvalue weighted by molar-refractivity contribution is 5.47. The van der Waals surface area contributed by atoms with Crippen molar-refractivity contribution >= 4 is 5.82 Å². The molecule has 0 spiro atoms. The summed E-state index contributed by atoms with van der Waals surface area (Å²) in [6.45, 7) is 8.85. The fourth-order valence-corrected chi connectivity index (χ4v) is 2.92. The van der Waals surface area contributed by atoms with Gasteiger partial charge in [-0.25, -0.2) is 4.98 Å². The Balaban J connectivity index is 2.11. The maximum absolute atomic E-state index is 5.85. The number of nitrogens with two attached hydrogens (primary N) is 1. The molecule has 0 aromatic carbocycles. The van der Waals surface area contributed by atoms with Gasteiger partial charge >= 0.3 is 0 Å². The molecule has 1 aromatic rings. The van der Waals surface area contributed by atoms with Crippen LogP contribution in [0.15, 0.2) is 12.3 Å². The van der Waals surface area contributed by atoms with E-state index in [2.05, 4.69) is 24.8 Å². The van der Waals surface area contributed by atoms with Crippen LogP contribution in [0.3, 0.4) is 0 Å². The maximum Gasteiger partial charge on any atom is 0.131 e. The van der Waals surface area contributed by atoms with Crippen LogP contribution in [-0.2, 0) is 6.42 Å². The normalized spacial score (nSPS) is 22.1. The summed E-state index contributed by atoms with van der Waals surface area (Å²) in [5.41, 5.74) is 8.39. The maximum atomic E-state index is 5.85. The Hall–Kier alpha value is -1.09. The molecule has 1 aromatic heterocycles. The van der Waals surface area contributed by atoms with Gasteiger partial charge in [0.2, 0.25) is 0 Å². The SMILES string of the molecule is Cc1cc(CC(C)N)cnc1N1CCCC(C)CC1. The molecular formula is C16H27N3. The van der Waals surface area contributed by atoms with E-state index in [-0.39, 0.29) is 6.04 Å². The molecule has 1 saturated heterocycles. The highest BCUT2D eigenvalue weighted by atomic mass is 15.2. The standard InChI is InChI=1S/C16H27N3/c1-12-5-4-7-19(8-6-12)16-13(2)9-15(11-18-16)10-14(3)17/h9,11-12,14H,4-8,10,17H2,1-3H3. The van der Waals surface area contributed by atoms with Crippen molar-refractivity contribution in [1.82, 2.24) is 4.98 Å². The van der Waals surface area contributed by atoms with Gasteiger partial charge in [-0.2, -0.15) is 0 Å². The predicted molar refractivity (Wildman–Crippen MR) is 81.6 cm³/mol. The minimum atomic E-state index is 0.200. The first kappa shape index (κ1) is 14.3. The average Bonchev–Trinajstić information content (AvgIpc) is 2.54. The summed E-state index contributed by atoms with van der Waals surface area (Å²) in [6.07, 6.45) is 6.82. The summed E-state index contributed by atoms with van der Waals surface area (Å²) in [4.78, 5) is 7.14. The second kappa shape index (κ2) is 6.38. The van der Waals surface area contributed by atoms with E-state index in [9.17, 15) is 0 Å². The molecule has 2 heterocycles. The van der Waals surface area contributed by atoms with E-state index >= 15 is 0 Å². The molecule has 2 unspecified atom stereocenters. The van der Waals surface area contributed by atoms with Crippen molar-refractivity contribution in [2.75, 3.05) is 18.0 Å². The third-order valence-electron chi connectivity index (χ3n) is 3.98. The van der Waals surface area contributed by atoms with Gasteiger partial charge in [-0.15, -0.1) is 0 Å². The van der Waals surface area contributed by atoms with E-state index < -0.39 is 0 Å². The molecule has 1 aliphatic rings. The van der Waals surface area contributed by atoms with E-state index in [1.807, 2.05) is 13.1 Å². The van der Waals surface area contributed by atoms with Crippen LogP contribution in [0.5, 0.6) is 0 Å². The summed E-state index contributed by atoms with van der Waals surface area (Å²) in [5.74, 6) is 2.02. The number of aromatic nitrogens is 1. The Morgan fingerprint density at radius 1 is 1.42 bits per heavy atom. The van der Waals surface area contributed by atoms with Crippen LogP contribution in [0.1, 0.15) is 44.2 Å². The van der Waals surface area contributed by atoms with Crippen molar-refractivity contribution in [3.63, 3.8) is 0 Å². The number of hydrogen-bond donors (Lipinski definition) is 1. The first-order chi connectivity index (χ1) is 9.06. The van der Waals surface area contributed by atoms with E-state index in [1.54, 1.807) is 0 Å². The van der Waals surface area contributed by atoms with Gasteiger partial charge in [-0.1, -0.05) is 13.0 Å². The highest BCUT2D eigenvalue weighted by Crippen LogP contribution is 2.24. The van der Waals surface area contributed by atoms with Gasteiger partial charge < -0.3 is 10.6 Å². The summed E-state index contributed by atoms with van der Waals surface area (Å²) >= 11 is 0. The van der Waals surface area contributed by atoms with Crippen LogP contribution in [0.25, 0.3) is 0 Å². The second-order valence-electron chi connectivity index (χ2n) is 6.19. The molecule has 3 nitrogen and oxygen atoms in total. The average molecular weight is 261 g/mol. The zero-order chi connectivity index (χ0) is 13.8. The lowest BCUT2D eigenvalue weighted by molar-refractivity contribution is 0.521. The van der Waals surface area contributed by atoms with Crippen molar-refractivity contribution in [3.8, 4) is 0 Å². The zero-order valence-electron chi connectivity index (χ0n) is 12.5. The van der Waals surface area contributed by atoms with Gasteiger partial charge in [0.15, 0.2) is 0 Å². The lowest BCUT2D eigenvalue weighted by Gasteiger charge is -2.24. The number of hydrogen-bond acceptors (Lipinski definition) is 3. The molecule has 3 heteroatoms. The molecule has 2 rings (SSSR count). The molecule has 0 radical (unpaired) electrons. The second-order valence-corrected chi connectivity index (χ2v) is 6.19. The summed E-state index contributed by atoms with van der Waals surface area (Å²) in [5, 5.41) is 0. The molecule has 1 fully saturated rings. The Kier molecular flexibility index (Phi) is 4.81. The monoisotopic (exact) mass is 261 g/mol. The fraction of sp³-hybridized carbons (Fsp3) is 0.688. The van der Waals surface area contributed by atoms with E-state index in [0.29, 0.717) is 0 Å². The molecule has 19 heavy (non-hydrogen) atoms. The fourth-order valence-electron chi connectivity index (χ4n) is 2.92. The van der Waals surface area contributed by atoms with E-state index in [1.165, 1.54) is 36.2 Å². The summed E-state index contributed by atoms with van der Waals surface area (Å²) in [7, 11) is 0. The van der Waals surface area contributed by atoms with Crippen LogP contribution < -0.4 is 10.6 Å². The third-order valence-corrected chi connectivity index (χ3v) is 3.98. The predicted octanol–water partition coefficient (Wildman–Crippen LogP) is 2.91. The zero-order valence-corrected chi connectivity index (χ0v) is 12.5. The van der Waals surface area contributed by atoms with E-state index in [0.717, 1.165) is 25.4 Å². The first-order valence-electron chi connectivity index (χ1n) is 7.52. The Bertz CT molecular complexity index is 414. The molecular weight excluding hydrogens is 234 g/mol. The Morgan fingerprint density at radius 3 is 2.89 bits per heavy atom. The molecule has 0 saturated carbocycles. The quantitative estimate of drug-likeness (QED) is 0.909. The van der Waals surface area contributed by atoms with Crippen molar-refractivity contribution in [2.45, 2.75) is 52.5 Å². The van der Waals surface area contributed by atoms with Gasteiger partial charge in [-0.05, 0) is 56.6 Å². The third kappa shape index (κ3) is 3.93. The van der Waals surface area contributed by atoms with Crippen molar-refractivity contribution in [3.05, 3.63) is 23.4 Å². The minimum absolute atomic E-state index is 0.200. The van der Waals surface area contributed by atoms with Crippen molar-refractivity contribution < 1.29 is 0 Å². The van der Waals surface area contributed by atoms with Gasteiger partial charge in [-0.3, -0.25) is 0 Å². The molecule has 0 bridgehead atoms. The lowest BCUT2D eigenvalue weighted by Crippen LogP contribution is -2.26. The number of rotatable bonds is 3. The number of nitrogens with zero attached hydrogens (tertiary/aromatic N) is 2. The Morgan fingerprint density at radius 2 is 2.21 bits per heavy atom. The molecule has 2 N–H and O–H groups in total. The first-order valence-corrected chi connectivity index (χ1v) is 7.52. The van der Waals surface area contributed by atoms with Gasteiger partial charge in [0, 0.05) is 25.3 Å². The van der Waals surface area contributed by atoms with E-state index in [4.69, 9.17) is 10.7 Å². The van der Waals surface area contributed by atoms with Crippen molar-refractivity contribution in [2.24, 2.45) is 11.7 Å². The minimum Gasteiger partial charge on any atom is -0.356 e. The largest absolute Gasteiger partial charge is 0.356 e. The Labute approximate surface area is 117 Å². The van der Waals surface area contributed by atoms with Crippen LogP contribution in [0.4, 0.5) is 5.82 Å². The smallest absolute Gasteiger partial charge is 0.131 e. The molecule has 106 valence electrons. The van der Waals surface area contributed by atoms with Crippen LogP contribution in [0.2, 0.25) is 0 Å².